The average molecular weight is 460 g/mol. The van der Waals surface area contributed by atoms with Crippen LogP contribution < -0.4 is 0 Å². The van der Waals surface area contributed by atoms with Gasteiger partial charge in [-0.3, -0.25) is 14.0 Å². The molecule has 0 bridgehead atoms. The minimum atomic E-state index is -0.849. The molecule has 160 valence electrons. The van der Waals surface area contributed by atoms with E-state index in [1.165, 1.54) is 12.0 Å². The molecule has 1 saturated heterocycles. The molecule has 1 atom stereocenters. The molecular formula is C22H19Cl2N3O4. The first-order chi connectivity index (χ1) is 14.8. The van der Waals surface area contributed by atoms with Crippen molar-refractivity contribution in [3.63, 3.8) is 0 Å². The number of ether oxygens (including phenoxy) is 1. The van der Waals surface area contributed by atoms with Crippen LogP contribution in [-0.2, 0) is 14.3 Å². The van der Waals surface area contributed by atoms with Gasteiger partial charge in [-0.15, -0.1) is 0 Å². The maximum absolute atomic E-state index is 13.1. The molecule has 1 aliphatic rings. The molecule has 1 amide bonds. The summed E-state index contributed by atoms with van der Waals surface area (Å²) in [5, 5.41) is 11.9. The van der Waals surface area contributed by atoms with E-state index in [-0.39, 0.29) is 29.5 Å². The Hall–Kier alpha value is -2.87. The Bertz CT molecular complexity index is 1230. The van der Waals surface area contributed by atoms with Gasteiger partial charge in [0.2, 0.25) is 0 Å². The molecule has 9 heteroatoms. The first-order valence-corrected chi connectivity index (χ1v) is 10.3. The predicted molar refractivity (Wildman–Crippen MR) is 117 cm³/mol. The Morgan fingerprint density at radius 2 is 1.97 bits per heavy atom. The molecule has 3 heterocycles. The van der Waals surface area contributed by atoms with Gasteiger partial charge in [-0.25, -0.2) is 4.98 Å². The van der Waals surface area contributed by atoms with Crippen LogP contribution in [0.15, 0.2) is 48.2 Å². The van der Waals surface area contributed by atoms with Crippen molar-refractivity contribution in [1.82, 2.24) is 14.3 Å². The summed E-state index contributed by atoms with van der Waals surface area (Å²) in [7, 11) is 1.51. The van der Waals surface area contributed by atoms with E-state index >= 15 is 0 Å². The molecule has 7 nitrogen and oxygen atoms in total. The molecule has 0 radical (unpaired) electrons. The van der Waals surface area contributed by atoms with E-state index in [1.807, 2.05) is 6.07 Å². The van der Waals surface area contributed by atoms with Gasteiger partial charge in [0.25, 0.3) is 11.7 Å². The van der Waals surface area contributed by atoms with Gasteiger partial charge in [0, 0.05) is 19.9 Å². The zero-order valence-corrected chi connectivity index (χ0v) is 18.3. The van der Waals surface area contributed by atoms with Gasteiger partial charge in [-0.2, -0.15) is 0 Å². The smallest absolute Gasteiger partial charge is 0.295 e. The summed E-state index contributed by atoms with van der Waals surface area (Å²) < 4.78 is 6.79. The van der Waals surface area contributed by atoms with E-state index < -0.39 is 17.7 Å². The number of carbonyl (C=O) groups excluding carboxylic acids is 2. The third-order valence-corrected chi connectivity index (χ3v) is 6.00. The van der Waals surface area contributed by atoms with Gasteiger partial charge in [0.1, 0.15) is 11.3 Å². The highest BCUT2D eigenvalue weighted by Gasteiger charge is 2.46. The molecule has 1 unspecified atom stereocenters. The second kappa shape index (κ2) is 8.34. The molecule has 3 aromatic rings. The van der Waals surface area contributed by atoms with Gasteiger partial charge >= 0.3 is 0 Å². The van der Waals surface area contributed by atoms with Crippen LogP contribution in [0.3, 0.4) is 0 Å². The van der Waals surface area contributed by atoms with Crippen LogP contribution in [0.4, 0.5) is 0 Å². The number of aliphatic hydroxyl groups excluding tert-OH is 1. The SMILES string of the molecule is COCCN1C(=O)C(=O)/C(=C(/O)c2c(C)nc3ccccn23)C1c1ccc(Cl)c(Cl)c1. The Morgan fingerprint density at radius 1 is 1.19 bits per heavy atom. The number of imidazole rings is 1. The van der Waals surface area contributed by atoms with Crippen molar-refractivity contribution in [2.45, 2.75) is 13.0 Å². The molecule has 1 aliphatic heterocycles. The zero-order valence-electron chi connectivity index (χ0n) is 16.8. The number of hydrogen-bond donors (Lipinski definition) is 1. The van der Waals surface area contributed by atoms with Crippen LogP contribution in [0, 0.1) is 6.92 Å². The number of aryl methyl sites for hydroxylation is 1. The number of methoxy groups -OCH3 is 1. The number of hydrogen-bond acceptors (Lipinski definition) is 5. The van der Waals surface area contributed by atoms with Crippen LogP contribution in [0.2, 0.25) is 10.0 Å². The minimum Gasteiger partial charge on any atom is -0.505 e. The number of aliphatic hydroxyl groups is 1. The van der Waals surface area contributed by atoms with Crippen molar-refractivity contribution in [1.29, 1.82) is 0 Å². The molecule has 1 N–H and O–H groups in total. The molecular weight excluding hydrogens is 441 g/mol. The Kier molecular flexibility index (Phi) is 5.75. The topological polar surface area (TPSA) is 84.1 Å². The Balaban J connectivity index is 1.96. The molecule has 4 rings (SSSR count). The van der Waals surface area contributed by atoms with Crippen molar-refractivity contribution >= 4 is 46.3 Å². The van der Waals surface area contributed by atoms with Gasteiger partial charge < -0.3 is 14.7 Å². The van der Waals surface area contributed by atoms with Gasteiger partial charge in [0.05, 0.1) is 34.0 Å². The molecule has 31 heavy (non-hydrogen) atoms. The van der Waals surface area contributed by atoms with Crippen LogP contribution in [0.25, 0.3) is 11.4 Å². The zero-order chi connectivity index (χ0) is 22.3. The maximum Gasteiger partial charge on any atom is 0.295 e. The first-order valence-electron chi connectivity index (χ1n) is 9.51. The van der Waals surface area contributed by atoms with Crippen LogP contribution in [0.1, 0.15) is 23.0 Å². The summed E-state index contributed by atoms with van der Waals surface area (Å²) in [6, 6.07) is 9.42. The van der Waals surface area contributed by atoms with E-state index in [9.17, 15) is 14.7 Å². The monoisotopic (exact) mass is 459 g/mol. The normalized spacial score (nSPS) is 18.3. The summed E-state index contributed by atoms with van der Waals surface area (Å²) >= 11 is 12.3. The summed E-state index contributed by atoms with van der Waals surface area (Å²) in [5.41, 5.74) is 2.01. The largest absolute Gasteiger partial charge is 0.505 e. The highest BCUT2D eigenvalue weighted by atomic mass is 35.5. The van der Waals surface area contributed by atoms with Crippen LogP contribution in [0.5, 0.6) is 0 Å². The summed E-state index contributed by atoms with van der Waals surface area (Å²) in [6.07, 6.45) is 1.74. The lowest BCUT2D eigenvalue weighted by Crippen LogP contribution is -2.32. The van der Waals surface area contributed by atoms with Gasteiger partial charge in [-0.1, -0.05) is 35.3 Å². The third kappa shape index (κ3) is 3.59. The van der Waals surface area contributed by atoms with Crippen LogP contribution in [-0.4, -0.2) is 51.3 Å². The molecule has 1 fully saturated rings. The third-order valence-electron chi connectivity index (χ3n) is 5.26. The first kappa shape index (κ1) is 21.4. The number of amides is 1. The standard InChI is InChI=1S/C22H19Cl2N3O4/c1-12-18(26-8-4-3-5-16(26)25-12)20(28)17-19(13-6-7-14(23)15(24)11-13)27(9-10-31-2)22(30)21(17)29/h3-8,11,19,28H,9-10H2,1-2H3/b20-17+. The van der Waals surface area contributed by atoms with Crippen molar-refractivity contribution in [2.75, 3.05) is 20.3 Å². The van der Waals surface area contributed by atoms with E-state index in [4.69, 9.17) is 27.9 Å². The van der Waals surface area contributed by atoms with Crippen molar-refractivity contribution in [2.24, 2.45) is 0 Å². The second-order valence-corrected chi connectivity index (χ2v) is 7.95. The number of fused-ring (bicyclic) bond motifs is 1. The van der Waals surface area contributed by atoms with Crippen molar-refractivity contribution < 1.29 is 19.4 Å². The fourth-order valence-electron chi connectivity index (χ4n) is 3.86. The Labute approximate surface area is 188 Å². The van der Waals surface area contributed by atoms with E-state index in [1.54, 1.807) is 47.9 Å². The van der Waals surface area contributed by atoms with Crippen molar-refractivity contribution in [3.8, 4) is 0 Å². The maximum atomic E-state index is 13.1. The minimum absolute atomic E-state index is 0.0340. The Morgan fingerprint density at radius 3 is 2.68 bits per heavy atom. The predicted octanol–water partition coefficient (Wildman–Crippen LogP) is 4.02. The highest BCUT2D eigenvalue weighted by Crippen LogP contribution is 2.41. The molecule has 0 saturated carbocycles. The highest BCUT2D eigenvalue weighted by molar-refractivity contribution is 6.46. The molecule has 2 aromatic heterocycles. The number of nitrogens with zero attached hydrogens (tertiary/aromatic N) is 3. The van der Waals surface area contributed by atoms with E-state index in [0.717, 1.165) is 0 Å². The molecule has 1 aromatic carbocycles. The van der Waals surface area contributed by atoms with E-state index in [0.29, 0.717) is 27.6 Å². The summed E-state index contributed by atoms with van der Waals surface area (Å²) in [5.74, 6) is -1.80. The van der Waals surface area contributed by atoms with Gasteiger partial charge in [0.15, 0.2) is 5.76 Å². The molecule has 0 spiro atoms. The van der Waals surface area contributed by atoms with Crippen molar-refractivity contribution in [3.05, 3.63) is 75.2 Å². The van der Waals surface area contributed by atoms with Gasteiger partial charge in [-0.05, 0) is 36.8 Å². The summed E-state index contributed by atoms with van der Waals surface area (Å²) in [4.78, 5) is 31.7. The number of Topliss-reactive ketones (excluding diaryl/α,β-unsaturated/α-hetero) is 1. The number of benzene rings is 1. The number of ketones is 1. The quantitative estimate of drug-likeness (QED) is 0.353. The average Bonchev–Trinajstić information content (AvgIpc) is 3.21. The fourth-order valence-corrected chi connectivity index (χ4v) is 4.16. The van der Waals surface area contributed by atoms with E-state index in [2.05, 4.69) is 4.98 Å². The lowest BCUT2D eigenvalue weighted by molar-refractivity contribution is -0.140. The number of carbonyl (C=O) groups is 2. The lowest BCUT2D eigenvalue weighted by Gasteiger charge is -2.25. The number of rotatable bonds is 5. The fraction of sp³-hybridized carbons (Fsp3) is 0.227. The second-order valence-electron chi connectivity index (χ2n) is 7.13. The van der Waals surface area contributed by atoms with Crippen LogP contribution >= 0.6 is 23.2 Å². The molecule has 0 aliphatic carbocycles. The number of halogens is 2. The lowest BCUT2D eigenvalue weighted by atomic mass is 9.96. The number of pyridine rings is 1. The number of likely N-dealkylation sites (tertiary alicyclic amines) is 1. The number of aromatic nitrogens is 2. The summed E-state index contributed by atoms with van der Waals surface area (Å²) in [6.45, 7) is 2.12.